The van der Waals surface area contributed by atoms with Crippen molar-refractivity contribution in [1.29, 1.82) is 0 Å². The van der Waals surface area contributed by atoms with Gasteiger partial charge in [0.1, 0.15) is 0 Å². The second-order valence-corrected chi connectivity index (χ2v) is 4.66. The fourth-order valence-electron chi connectivity index (χ4n) is 1.94. The predicted octanol–water partition coefficient (Wildman–Crippen LogP) is 2.83. The fourth-order valence-corrected chi connectivity index (χ4v) is 1.94. The Kier molecular flexibility index (Phi) is 5.07. The third-order valence-electron chi connectivity index (χ3n) is 3.13. The molecule has 0 unspecified atom stereocenters. The Balaban J connectivity index is 1.84. The standard InChI is InChI=1S/C16H20N2O/c1-13-7-8-17-10-16(13)11-18-9-14-3-5-15(6-4-14)12-19-2/h3-8,10,18H,9,11-12H2,1-2H3. The number of benzene rings is 1. The first-order chi connectivity index (χ1) is 9.29. The molecule has 0 aliphatic heterocycles. The highest BCUT2D eigenvalue weighted by molar-refractivity contribution is 5.23. The van der Waals surface area contributed by atoms with Crippen LogP contribution in [0.15, 0.2) is 42.7 Å². The largest absolute Gasteiger partial charge is 0.380 e. The van der Waals surface area contributed by atoms with Gasteiger partial charge in [-0.2, -0.15) is 0 Å². The Morgan fingerprint density at radius 3 is 2.47 bits per heavy atom. The molecule has 3 heteroatoms. The molecule has 0 atom stereocenters. The van der Waals surface area contributed by atoms with Gasteiger partial charge in [0.15, 0.2) is 0 Å². The normalized spacial score (nSPS) is 10.6. The Labute approximate surface area is 114 Å². The van der Waals surface area contributed by atoms with E-state index in [1.54, 1.807) is 7.11 Å². The lowest BCUT2D eigenvalue weighted by molar-refractivity contribution is 0.185. The minimum atomic E-state index is 0.669. The third kappa shape index (κ3) is 4.16. The monoisotopic (exact) mass is 256 g/mol. The molecule has 0 fully saturated rings. The van der Waals surface area contributed by atoms with Crippen molar-refractivity contribution in [3.63, 3.8) is 0 Å². The first-order valence-corrected chi connectivity index (χ1v) is 6.46. The molecule has 1 aromatic heterocycles. The van der Waals surface area contributed by atoms with E-state index in [-0.39, 0.29) is 0 Å². The van der Waals surface area contributed by atoms with E-state index in [0.29, 0.717) is 6.61 Å². The van der Waals surface area contributed by atoms with Gasteiger partial charge in [-0.3, -0.25) is 4.98 Å². The number of nitrogens with zero attached hydrogens (tertiary/aromatic N) is 1. The summed E-state index contributed by atoms with van der Waals surface area (Å²) in [5.74, 6) is 0. The molecule has 0 saturated heterocycles. The number of methoxy groups -OCH3 is 1. The average molecular weight is 256 g/mol. The minimum Gasteiger partial charge on any atom is -0.380 e. The molecule has 1 heterocycles. The molecular formula is C16H20N2O. The third-order valence-corrected chi connectivity index (χ3v) is 3.13. The molecule has 1 aromatic carbocycles. The molecule has 0 spiro atoms. The average Bonchev–Trinajstić information content (AvgIpc) is 2.43. The second-order valence-electron chi connectivity index (χ2n) is 4.66. The smallest absolute Gasteiger partial charge is 0.0713 e. The Hall–Kier alpha value is -1.71. The molecule has 0 aliphatic rings. The number of hydrogen-bond acceptors (Lipinski definition) is 3. The van der Waals surface area contributed by atoms with Gasteiger partial charge in [0.2, 0.25) is 0 Å². The van der Waals surface area contributed by atoms with Crippen LogP contribution in [-0.2, 0) is 24.4 Å². The van der Waals surface area contributed by atoms with Gasteiger partial charge < -0.3 is 10.1 Å². The van der Waals surface area contributed by atoms with Crippen molar-refractivity contribution >= 4 is 0 Å². The van der Waals surface area contributed by atoms with E-state index < -0.39 is 0 Å². The summed E-state index contributed by atoms with van der Waals surface area (Å²) in [6.45, 7) is 4.49. The first kappa shape index (κ1) is 13.7. The molecule has 0 amide bonds. The SMILES string of the molecule is COCc1ccc(CNCc2cnccc2C)cc1. The van der Waals surface area contributed by atoms with Crippen molar-refractivity contribution in [2.45, 2.75) is 26.6 Å². The summed E-state index contributed by atoms with van der Waals surface area (Å²) in [4.78, 5) is 4.15. The molecule has 1 N–H and O–H groups in total. The van der Waals surface area contributed by atoms with E-state index in [4.69, 9.17) is 4.74 Å². The van der Waals surface area contributed by atoms with E-state index >= 15 is 0 Å². The minimum absolute atomic E-state index is 0.669. The zero-order valence-electron chi connectivity index (χ0n) is 11.5. The highest BCUT2D eigenvalue weighted by atomic mass is 16.5. The van der Waals surface area contributed by atoms with Crippen molar-refractivity contribution in [2.24, 2.45) is 0 Å². The van der Waals surface area contributed by atoms with Crippen LogP contribution in [0.1, 0.15) is 22.3 Å². The van der Waals surface area contributed by atoms with Crippen molar-refractivity contribution in [3.05, 3.63) is 65.0 Å². The van der Waals surface area contributed by atoms with Crippen molar-refractivity contribution in [2.75, 3.05) is 7.11 Å². The van der Waals surface area contributed by atoms with Gasteiger partial charge in [-0.15, -0.1) is 0 Å². The van der Waals surface area contributed by atoms with E-state index in [1.807, 2.05) is 18.5 Å². The maximum atomic E-state index is 5.10. The van der Waals surface area contributed by atoms with Crippen LogP contribution in [0.3, 0.4) is 0 Å². The van der Waals surface area contributed by atoms with Crippen LogP contribution in [-0.4, -0.2) is 12.1 Å². The maximum Gasteiger partial charge on any atom is 0.0713 e. The number of rotatable bonds is 6. The fraction of sp³-hybridized carbons (Fsp3) is 0.312. The second kappa shape index (κ2) is 7.02. The number of pyridine rings is 1. The Morgan fingerprint density at radius 2 is 1.79 bits per heavy atom. The van der Waals surface area contributed by atoms with Crippen molar-refractivity contribution in [3.8, 4) is 0 Å². The van der Waals surface area contributed by atoms with Crippen LogP contribution in [0.5, 0.6) is 0 Å². The van der Waals surface area contributed by atoms with Crippen LogP contribution >= 0.6 is 0 Å². The van der Waals surface area contributed by atoms with Crippen LogP contribution in [0.2, 0.25) is 0 Å². The summed E-state index contributed by atoms with van der Waals surface area (Å²) in [5, 5.41) is 3.44. The molecule has 19 heavy (non-hydrogen) atoms. The van der Waals surface area contributed by atoms with Gasteiger partial charge in [-0.25, -0.2) is 0 Å². The molecular weight excluding hydrogens is 236 g/mol. The first-order valence-electron chi connectivity index (χ1n) is 6.46. The van der Waals surface area contributed by atoms with Gasteiger partial charge in [0.25, 0.3) is 0 Å². The summed E-state index contributed by atoms with van der Waals surface area (Å²) >= 11 is 0. The van der Waals surface area contributed by atoms with Crippen molar-refractivity contribution in [1.82, 2.24) is 10.3 Å². The number of hydrogen-bond donors (Lipinski definition) is 1. The molecule has 100 valence electrons. The van der Waals surface area contributed by atoms with Gasteiger partial charge in [0.05, 0.1) is 6.61 Å². The lowest BCUT2D eigenvalue weighted by atomic mass is 10.1. The molecule has 3 nitrogen and oxygen atoms in total. The molecule has 0 aliphatic carbocycles. The Morgan fingerprint density at radius 1 is 1.05 bits per heavy atom. The molecule has 2 rings (SSSR count). The summed E-state index contributed by atoms with van der Waals surface area (Å²) in [5.41, 5.74) is 5.01. The zero-order chi connectivity index (χ0) is 13.5. The molecule has 0 radical (unpaired) electrons. The number of ether oxygens (including phenoxy) is 1. The van der Waals surface area contributed by atoms with Gasteiger partial charge in [0, 0.05) is 32.6 Å². The van der Waals surface area contributed by atoms with E-state index in [0.717, 1.165) is 13.1 Å². The lowest BCUT2D eigenvalue weighted by Gasteiger charge is -2.08. The van der Waals surface area contributed by atoms with E-state index in [2.05, 4.69) is 41.5 Å². The van der Waals surface area contributed by atoms with Gasteiger partial charge in [-0.05, 0) is 35.2 Å². The maximum absolute atomic E-state index is 5.10. The Bertz CT molecular complexity index is 508. The summed E-state index contributed by atoms with van der Waals surface area (Å²) in [6.07, 6.45) is 3.75. The van der Waals surface area contributed by atoms with Crippen molar-refractivity contribution < 1.29 is 4.74 Å². The summed E-state index contributed by atoms with van der Waals surface area (Å²) in [7, 11) is 1.71. The highest BCUT2D eigenvalue weighted by Crippen LogP contribution is 2.07. The quantitative estimate of drug-likeness (QED) is 0.863. The molecule has 0 saturated carbocycles. The van der Waals surface area contributed by atoms with Crippen LogP contribution in [0.25, 0.3) is 0 Å². The number of nitrogens with one attached hydrogen (secondary N) is 1. The van der Waals surface area contributed by atoms with E-state index in [9.17, 15) is 0 Å². The lowest BCUT2D eigenvalue weighted by Crippen LogP contribution is -2.13. The van der Waals surface area contributed by atoms with Crippen LogP contribution in [0.4, 0.5) is 0 Å². The van der Waals surface area contributed by atoms with Crippen LogP contribution in [0, 0.1) is 6.92 Å². The molecule has 0 bridgehead atoms. The highest BCUT2D eigenvalue weighted by Gasteiger charge is 1.98. The zero-order valence-corrected chi connectivity index (χ0v) is 11.5. The topological polar surface area (TPSA) is 34.1 Å². The molecule has 2 aromatic rings. The van der Waals surface area contributed by atoms with Crippen LogP contribution < -0.4 is 5.32 Å². The van der Waals surface area contributed by atoms with E-state index in [1.165, 1.54) is 22.3 Å². The summed E-state index contributed by atoms with van der Waals surface area (Å²) < 4.78 is 5.10. The number of aryl methyl sites for hydroxylation is 1. The predicted molar refractivity (Wildman–Crippen MR) is 76.7 cm³/mol. The summed E-state index contributed by atoms with van der Waals surface area (Å²) in [6, 6.07) is 10.5. The van der Waals surface area contributed by atoms with Gasteiger partial charge in [-0.1, -0.05) is 24.3 Å². The van der Waals surface area contributed by atoms with Gasteiger partial charge >= 0.3 is 0 Å². The number of aromatic nitrogens is 1.